The molecule has 3 N–H and O–H groups in total. The number of amides is 2. The molecule has 20 heavy (non-hydrogen) atoms. The van der Waals surface area contributed by atoms with Gasteiger partial charge in [0.1, 0.15) is 12.1 Å². The molecule has 112 valence electrons. The van der Waals surface area contributed by atoms with Crippen molar-refractivity contribution in [3.05, 3.63) is 0 Å². The summed E-state index contributed by atoms with van der Waals surface area (Å²) in [5, 5.41) is 13.2. The van der Waals surface area contributed by atoms with Crippen LogP contribution in [0.15, 0.2) is 0 Å². The molecule has 1 fully saturated rings. The summed E-state index contributed by atoms with van der Waals surface area (Å²) in [6.07, 6.45) is 0.854. The van der Waals surface area contributed by atoms with Crippen LogP contribution in [0.1, 0.15) is 32.6 Å². The van der Waals surface area contributed by atoms with E-state index in [0.717, 1.165) is 12.8 Å². The van der Waals surface area contributed by atoms with E-state index in [0.29, 0.717) is 0 Å². The van der Waals surface area contributed by atoms with Crippen molar-refractivity contribution in [1.29, 1.82) is 0 Å². The lowest BCUT2D eigenvalue weighted by Gasteiger charge is -2.28. The standard InChI is InChI=1S/C12H18N2O6/c1-2-3-4-20-10(17)6-8-12(19)13-7(5-9(15)16)11(18)14-8/h7-8H,2-6H2,1H3,(H,13,19)(H,14,18)(H,15,16). The minimum Gasteiger partial charge on any atom is -0.481 e. The molecule has 0 radical (unpaired) electrons. The summed E-state index contributed by atoms with van der Waals surface area (Å²) in [5.74, 6) is -2.96. The molecule has 0 aromatic rings. The summed E-state index contributed by atoms with van der Waals surface area (Å²) in [6, 6.07) is -2.12. The Bertz CT molecular complexity index is 409. The summed E-state index contributed by atoms with van der Waals surface area (Å²) >= 11 is 0. The predicted octanol–water partition coefficient (Wildman–Crippen LogP) is -0.822. The Morgan fingerprint density at radius 1 is 1.15 bits per heavy atom. The molecular formula is C12H18N2O6. The SMILES string of the molecule is CCCCOC(=O)CC1NC(=O)C(CC(=O)O)NC1=O. The highest BCUT2D eigenvalue weighted by Crippen LogP contribution is 2.06. The van der Waals surface area contributed by atoms with Gasteiger partial charge in [0.2, 0.25) is 11.8 Å². The largest absolute Gasteiger partial charge is 0.481 e. The Labute approximate surface area is 115 Å². The molecule has 0 aliphatic carbocycles. The van der Waals surface area contributed by atoms with Crippen molar-refractivity contribution < 1.29 is 29.0 Å². The Kier molecular flexibility index (Phi) is 5.95. The van der Waals surface area contributed by atoms with E-state index in [1.54, 1.807) is 0 Å². The van der Waals surface area contributed by atoms with Crippen molar-refractivity contribution >= 4 is 23.8 Å². The first-order valence-electron chi connectivity index (χ1n) is 6.42. The zero-order valence-electron chi connectivity index (χ0n) is 11.2. The van der Waals surface area contributed by atoms with E-state index >= 15 is 0 Å². The maximum atomic E-state index is 11.7. The van der Waals surface area contributed by atoms with Crippen LogP contribution >= 0.6 is 0 Å². The van der Waals surface area contributed by atoms with Gasteiger partial charge in [-0.15, -0.1) is 0 Å². The van der Waals surface area contributed by atoms with Gasteiger partial charge in [0.25, 0.3) is 0 Å². The predicted molar refractivity (Wildman–Crippen MR) is 66.6 cm³/mol. The summed E-state index contributed by atoms with van der Waals surface area (Å²) in [6.45, 7) is 2.23. The molecule has 1 saturated heterocycles. The molecule has 8 heteroatoms. The lowest BCUT2D eigenvalue weighted by molar-refractivity contribution is -0.149. The van der Waals surface area contributed by atoms with Crippen LogP contribution in [0, 0.1) is 0 Å². The van der Waals surface area contributed by atoms with E-state index in [4.69, 9.17) is 9.84 Å². The fourth-order valence-electron chi connectivity index (χ4n) is 1.69. The fourth-order valence-corrected chi connectivity index (χ4v) is 1.69. The number of piperazine rings is 1. The lowest BCUT2D eigenvalue weighted by Crippen LogP contribution is -2.62. The van der Waals surface area contributed by atoms with Gasteiger partial charge in [-0.25, -0.2) is 0 Å². The van der Waals surface area contributed by atoms with Gasteiger partial charge in [-0.05, 0) is 6.42 Å². The van der Waals surface area contributed by atoms with Crippen LogP contribution in [0.4, 0.5) is 0 Å². The van der Waals surface area contributed by atoms with Gasteiger partial charge >= 0.3 is 11.9 Å². The number of ether oxygens (including phenoxy) is 1. The van der Waals surface area contributed by atoms with Gasteiger partial charge in [-0.3, -0.25) is 19.2 Å². The van der Waals surface area contributed by atoms with Crippen molar-refractivity contribution in [3.8, 4) is 0 Å². The third kappa shape index (κ3) is 4.87. The number of hydrogen-bond acceptors (Lipinski definition) is 5. The highest BCUT2D eigenvalue weighted by atomic mass is 16.5. The summed E-state index contributed by atoms with van der Waals surface area (Å²) in [4.78, 5) is 45.2. The number of nitrogens with one attached hydrogen (secondary N) is 2. The maximum absolute atomic E-state index is 11.7. The number of hydrogen-bond donors (Lipinski definition) is 3. The van der Waals surface area contributed by atoms with Crippen LogP contribution in [-0.2, 0) is 23.9 Å². The molecule has 0 spiro atoms. The van der Waals surface area contributed by atoms with Gasteiger partial charge in [-0.2, -0.15) is 0 Å². The Hall–Kier alpha value is -2.12. The van der Waals surface area contributed by atoms with Crippen LogP contribution in [0.2, 0.25) is 0 Å². The molecule has 1 rings (SSSR count). The second-order valence-electron chi connectivity index (χ2n) is 4.50. The van der Waals surface area contributed by atoms with Crippen LogP contribution in [0.5, 0.6) is 0 Å². The quantitative estimate of drug-likeness (QED) is 0.415. The minimum absolute atomic E-state index is 0.263. The molecule has 0 bridgehead atoms. The first kappa shape index (κ1) is 15.9. The molecule has 0 aromatic heterocycles. The smallest absolute Gasteiger partial charge is 0.308 e. The van der Waals surface area contributed by atoms with Gasteiger partial charge in [0.05, 0.1) is 19.4 Å². The number of carbonyl (C=O) groups is 4. The second-order valence-corrected chi connectivity index (χ2v) is 4.50. The first-order chi connectivity index (χ1) is 9.43. The number of unbranched alkanes of at least 4 members (excludes halogenated alkanes) is 1. The van der Waals surface area contributed by atoms with Crippen molar-refractivity contribution in [1.82, 2.24) is 10.6 Å². The molecule has 1 aliphatic heterocycles. The number of rotatable bonds is 7. The van der Waals surface area contributed by atoms with Gasteiger partial charge < -0.3 is 20.5 Å². The van der Waals surface area contributed by atoms with E-state index in [-0.39, 0.29) is 13.0 Å². The van der Waals surface area contributed by atoms with E-state index in [2.05, 4.69) is 10.6 Å². The van der Waals surface area contributed by atoms with E-state index < -0.39 is 42.3 Å². The van der Waals surface area contributed by atoms with Crippen molar-refractivity contribution in [2.24, 2.45) is 0 Å². The van der Waals surface area contributed by atoms with Crippen LogP contribution in [0.3, 0.4) is 0 Å². The molecule has 1 aliphatic rings. The van der Waals surface area contributed by atoms with Gasteiger partial charge in [-0.1, -0.05) is 13.3 Å². The Morgan fingerprint density at radius 3 is 2.20 bits per heavy atom. The first-order valence-corrected chi connectivity index (χ1v) is 6.42. The highest BCUT2D eigenvalue weighted by molar-refractivity contribution is 6.00. The molecule has 2 amide bonds. The molecule has 0 saturated carbocycles. The number of esters is 1. The zero-order chi connectivity index (χ0) is 15.1. The van der Waals surface area contributed by atoms with Gasteiger partial charge in [0, 0.05) is 0 Å². The molecule has 2 unspecified atom stereocenters. The third-order valence-electron chi connectivity index (χ3n) is 2.78. The van der Waals surface area contributed by atoms with E-state index in [9.17, 15) is 19.2 Å². The highest BCUT2D eigenvalue weighted by Gasteiger charge is 2.36. The monoisotopic (exact) mass is 286 g/mol. The number of aliphatic carboxylic acids is 1. The van der Waals surface area contributed by atoms with Gasteiger partial charge in [0.15, 0.2) is 0 Å². The topological polar surface area (TPSA) is 122 Å². The number of carboxylic acids is 1. The summed E-state index contributed by atoms with van der Waals surface area (Å²) in [5.41, 5.74) is 0. The minimum atomic E-state index is -1.19. The maximum Gasteiger partial charge on any atom is 0.308 e. The normalized spacial score (nSPS) is 21.9. The molecule has 8 nitrogen and oxygen atoms in total. The lowest BCUT2D eigenvalue weighted by atomic mass is 10.1. The van der Waals surface area contributed by atoms with Crippen molar-refractivity contribution in [2.45, 2.75) is 44.7 Å². The van der Waals surface area contributed by atoms with E-state index in [1.807, 2.05) is 6.92 Å². The third-order valence-corrected chi connectivity index (χ3v) is 2.78. The van der Waals surface area contributed by atoms with Crippen LogP contribution < -0.4 is 10.6 Å². The average molecular weight is 286 g/mol. The van der Waals surface area contributed by atoms with Crippen molar-refractivity contribution in [2.75, 3.05) is 6.61 Å². The van der Waals surface area contributed by atoms with Crippen LogP contribution in [0.25, 0.3) is 0 Å². The summed E-state index contributed by atoms with van der Waals surface area (Å²) < 4.78 is 4.90. The average Bonchev–Trinajstić information content (AvgIpc) is 2.35. The van der Waals surface area contributed by atoms with Crippen molar-refractivity contribution in [3.63, 3.8) is 0 Å². The molecule has 0 aromatic carbocycles. The Morgan fingerprint density at radius 2 is 1.70 bits per heavy atom. The van der Waals surface area contributed by atoms with E-state index in [1.165, 1.54) is 0 Å². The zero-order valence-corrected chi connectivity index (χ0v) is 11.2. The number of carbonyl (C=O) groups excluding carboxylic acids is 3. The van der Waals surface area contributed by atoms with Crippen LogP contribution in [-0.4, -0.2) is 47.6 Å². The summed E-state index contributed by atoms with van der Waals surface area (Å²) in [7, 11) is 0. The molecular weight excluding hydrogens is 268 g/mol. The number of carboxylic acid groups (broad SMARTS) is 1. The fraction of sp³-hybridized carbons (Fsp3) is 0.667. The Balaban J connectivity index is 2.46. The molecule has 2 atom stereocenters. The molecule has 1 heterocycles. The second kappa shape index (κ2) is 7.46.